The van der Waals surface area contributed by atoms with Crippen molar-refractivity contribution in [3.05, 3.63) is 0 Å². The zero-order valence-electron chi connectivity index (χ0n) is 11.2. The number of halogens is 3. The van der Waals surface area contributed by atoms with Crippen LogP contribution in [0.4, 0.5) is 13.2 Å². The van der Waals surface area contributed by atoms with Gasteiger partial charge in [-0.2, -0.15) is 17.5 Å². The molecule has 120 valence electrons. The van der Waals surface area contributed by atoms with Crippen LogP contribution < -0.4 is 5.32 Å². The Morgan fingerprint density at radius 1 is 1.30 bits per heavy atom. The summed E-state index contributed by atoms with van der Waals surface area (Å²) in [5, 5.41) is 11.9. The minimum absolute atomic E-state index is 0.0420. The molecule has 0 aromatic carbocycles. The highest BCUT2D eigenvalue weighted by Crippen LogP contribution is 2.19. The monoisotopic (exact) mass is 318 g/mol. The molecule has 0 saturated carbocycles. The van der Waals surface area contributed by atoms with Gasteiger partial charge in [0.25, 0.3) is 0 Å². The highest BCUT2D eigenvalue weighted by atomic mass is 32.2. The number of sulfonamides is 1. The van der Waals surface area contributed by atoms with Crippen molar-refractivity contribution in [2.24, 2.45) is 0 Å². The fourth-order valence-electron chi connectivity index (χ4n) is 2.22. The third-order valence-corrected chi connectivity index (χ3v) is 5.09. The van der Waals surface area contributed by atoms with Crippen molar-refractivity contribution in [3.63, 3.8) is 0 Å². The van der Waals surface area contributed by atoms with E-state index in [4.69, 9.17) is 5.11 Å². The Balaban J connectivity index is 2.57. The Morgan fingerprint density at radius 3 is 2.50 bits per heavy atom. The van der Waals surface area contributed by atoms with Crippen LogP contribution in [0.5, 0.6) is 0 Å². The number of nitrogens with zero attached hydrogens (tertiary/aromatic N) is 1. The highest BCUT2D eigenvalue weighted by Gasteiger charge is 2.36. The summed E-state index contributed by atoms with van der Waals surface area (Å²) in [4.78, 5) is 0. The Kier molecular flexibility index (Phi) is 6.70. The van der Waals surface area contributed by atoms with Gasteiger partial charge in [0.2, 0.25) is 10.0 Å². The van der Waals surface area contributed by atoms with E-state index in [1.54, 1.807) is 0 Å². The number of nitrogens with one attached hydrogen (secondary N) is 1. The van der Waals surface area contributed by atoms with E-state index in [2.05, 4.69) is 5.32 Å². The molecule has 0 aromatic rings. The maximum absolute atomic E-state index is 12.4. The van der Waals surface area contributed by atoms with Gasteiger partial charge >= 0.3 is 6.18 Å². The van der Waals surface area contributed by atoms with Gasteiger partial charge in [-0.05, 0) is 25.8 Å². The van der Waals surface area contributed by atoms with E-state index in [1.807, 2.05) is 0 Å². The van der Waals surface area contributed by atoms with E-state index in [0.29, 0.717) is 10.7 Å². The van der Waals surface area contributed by atoms with Crippen LogP contribution in [0.3, 0.4) is 0 Å². The molecule has 2 N–H and O–H groups in total. The average Bonchev–Trinajstić information content (AvgIpc) is 2.36. The molecule has 1 heterocycles. The molecule has 0 radical (unpaired) electrons. The standard InChI is InChI=1S/C11H21F3N2O3S/c12-11(13,14)9-16(6-7-17)20(18,19)8-4-10-3-1-2-5-15-10/h10,15,17H,1-9H2. The lowest BCUT2D eigenvalue weighted by atomic mass is 10.0. The van der Waals surface area contributed by atoms with E-state index in [9.17, 15) is 21.6 Å². The highest BCUT2D eigenvalue weighted by molar-refractivity contribution is 7.89. The molecule has 1 aliphatic rings. The number of hydrogen-bond donors (Lipinski definition) is 2. The minimum atomic E-state index is -4.61. The SMILES string of the molecule is O=S(=O)(CCC1CCCCN1)N(CCO)CC(F)(F)F. The number of piperidine rings is 1. The van der Waals surface area contributed by atoms with Crippen LogP contribution in [0, 0.1) is 0 Å². The second-order valence-corrected chi connectivity index (χ2v) is 7.01. The van der Waals surface area contributed by atoms with E-state index < -0.39 is 35.9 Å². The molecule has 1 fully saturated rings. The molecule has 9 heteroatoms. The predicted molar refractivity (Wildman–Crippen MR) is 68.8 cm³/mol. The number of alkyl halides is 3. The lowest BCUT2D eigenvalue weighted by Crippen LogP contribution is -2.43. The lowest BCUT2D eigenvalue weighted by molar-refractivity contribution is -0.136. The van der Waals surface area contributed by atoms with Gasteiger partial charge in [0, 0.05) is 12.6 Å². The van der Waals surface area contributed by atoms with Crippen molar-refractivity contribution in [2.45, 2.75) is 37.9 Å². The van der Waals surface area contributed by atoms with Gasteiger partial charge in [-0.3, -0.25) is 0 Å². The second-order valence-electron chi connectivity index (χ2n) is 4.92. The second kappa shape index (κ2) is 7.58. The summed E-state index contributed by atoms with van der Waals surface area (Å²) in [6.07, 6.45) is -1.43. The maximum atomic E-state index is 12.4. The number of rotatable bonds is 7. The van der Waals surface area contributed by atoms with E-state index in [-0.39, 0.29) is 11.8 Å². The normalized spacial score (nSPS) is 21.4. The quantitative estimate of drug-likeness (QED) is 0.725. The minimum Gasteiger partial charge on any atom is -0.395 e. The van der Waals surface area contributed by atoms with Crippen LogP contribution in [0.1, 0.15) is 25.7 Å². The summed E-state index contributed by atoms with van der Waals surface area (Å²) in [7, 11) is -4.00. The molecule has 20 heavy (non-hydrogen) atoms. The first-order chi connectivity index (χ1) is 9.24. The zero-order valence-corrected chi connectivity index (χ0v) is 12.0. The van der Waals surface area contributed by atoms with E-state index in [1.165, 1.54) is 0 Å². The van der Waals surface area contributed by atoms with Gasteiger partial charge in [0.05, 0.1) is 12.4 Å². The van der Waals surface area contributed by atoms with E-state index >= 15 is 0 Å². The number of aliphatic hydroxyl groups excluding tert-OH is 1. The van der Waals surface area contributed by atoms with Crippen molar-refractivity contribution in [3.8, 4) is 0 Å². The molecule has 1 unspecified atom stereocenters. The average molecular weight is 318 g/mol. The largest absolute Gasteiger partial charge is 0.402 e. The first-order valence-electron chi connectivity index (χ1n) is 6.63. The summed E-state index contributed by atoms with van der Waals surface area (Å²) >= 11 is 0. The summed E-state index contributed by atoms with van der Waals surface area (Å²) in [6, 6.07) is 0.0420. The Hall–Kier alpha value is -0.380. The molecule has 1 aliphatic heterocycles. The van der Waals surface area contributed by atoms with Crippen LogP contribution >= 0.6 is 0 Å². The van der Waals surface area contributed by atoms with Gasteiger partial charge in [-0.1, -0.05) is 6.42 Å². The van der Waals surface area contributed by atoms with Crippen LogP contribution in [0.2, 0.25) is 0 Å². The van der Waals surface area contributed by atoms with Gasteiger partial charge in [-0.15, -0.1) is 0 Å². The van der Waals surface area contributed by atoms with Crippen LogP contribution in [0.15, 0.2) is 0 Å². The molecule has 5 nitrogen and oxygen atoms in total. The molecule has 1 saturated heterocycles. The van der Waals surface area contributed by atoms with Gasteiger partial charge in [-0.25, -0.2) is 8.42 Å². The molecule has 0 bridgehead atoms. The Morgan fingerprint density at radius 2 is 2.00 bits per heavy atom. The van der Waals surface area contributed by atoms with Crippen molar-refractivity contribution in [1.82, 2.24) is 9.62 Å². The Bertz CT molecular complexity index is 381. The summed E-state index contributed by atoms with van der Waals surface area (Å²) in [5.41, 5.74) is 0. The molecular formula is C11H21F3N2O3S. The predicted octanol–water partition coefficient (Wildman–Crippen LogP) is 0.705. The first-order valence-corrected chi connectivity index (χ1v) is 8.24. The molecule has 0 aliphatic carbocycles. The topological polar surface area (TPSA) is 69.6 Å². The summed E-state index contributed by atoms with van der Waals surface area (Å²) in [6.45, 7) is -1.89. The van der Waals surface area contributed by atoms with Crippen LogP contribution in [0.25, 0.3) is 0 Å². The Labute approximate surface area is 117 Å². The fourth-order valence-corrected chi connectivity index (χ4v) is 3.76. The van der Waals surface area contributed by atoms with Gasteiger partial charge in [0.1, 0.15) is 6.54 Å². The van der Waals surface area contributed by atoms with Crippen molar-refractivity contribution < 1.29 is 26.7 Å². The van der Waals surface area contributed by atoms with Crippen molar-refractivity contribution >= 4 is 10.0 Å². The molecular weight excluding hydrogens is 297 g/mol. The maximum Gasteiger partial charge on any atom is 0.402 e. The third kappa shape index (κ3) is 6.38. The third-order valence-electron chi connectivity index (χ3n) is 3.24. The smallest absolute Gasteiger partial charge is 0.395 e. The number of aliphatic hydroxyl groups is 1. The molecule has 0 spiro atoms. The van der Waals surface area contributed by atoms with Crippen LogP contribution in [-0.4, -0.2) is 62.0 Å². The molecule has 1 atom stereocenters. The van der Waals surface area contributed by atoms with E-state index in [0.717, 1.165) is 25.8 Å². The summed E-state index contributed by atoms with van der Waals surface area (Å²) in [5.74, 6) is -0.333. The summed E-state index contributed by atoms with van der Waals surface area (Å²) < 4.78 is 61.2. The zero-order chi connectivity index (χ0) is 15.2. The lowest BCUT2D eigenvalue weighted by Gasteiger charge is -2.26. The van der Waals surface area contributed by atoms with Crippen LogP contribution in [-0.2, 0) is 10.0 Å². The van der Waals surface area contributed by atoms with Gasteiger partial charge in [0.15, 0.2) is 0 Å². The fraction of sp³-hybridized carbons (Fsp3) is 1.00. The van der Waals surface area contributed by atoms with Gasteiger partial charge < -0.3 is 10.4 Å². The van der Waals surface area contributed by atoms with Crippen molar-refractivity contribution in [1.29, 1.82) is 0 Å². The molecule has 0 amide bonds. The molecule has 1 rings (SSSR count). The van der Waals surface area contributed by atoms with Crippen molar-refractivity contribution in [2.75, 3.05) is 32.0 Å². The molecule has 0 aromatic heterocycles. The number of hydrogen-bond acceptors (Lipinski definition) is 4. The first kappa shape index (κ1) is 17.7.